The van der Waals surface area contributed by atoms with Crippen LogP contribution in [0, 0.1) is 6.92 Å². The van der Waals surface area contributed by atoms with E-state index in [9.17, 15) is 14.4 Å². The molecular formula is C24H23N3O5S. The van der Waals surface area contributed by atoms with Gasteiger partial charge >= 0.3 is 0 Å². The summed E-state index contributed by atoms with van der Waals surface area (Å²) in [5, 5.41) is 2.23. The van der Waals surface area contributed by atoms with Crippen LogP contribution in [0.1, 0.15) is 24.0 Å². The van der Waals surface area contributed by atoms with Gasteiger partial charge < -0.3 is 19.7 Å². The van der Waals surface area contributed by atoms with Gasteiger partial charge in [-0.05, 0) is 73.0 Å². The standard InChI is InChI=1S/C24H23N3O5S/c1-15-10-18(26-8-2-3-9-26)6-4-16(15)11-21-23(29)27(24(30)33-21)13-22(28)25-17-5-7-19-20(12-17)32-14-31-19/h4-7,10-12H,2-3,8-9,13-14H2,1H3,(H,25,28)/b21-11+. The molecule has 3 amide bonds. The zero-order chi connectivity index (χ0) is 22.9. The van der Waals surface area contributed by atoms with E-state index in [4.69, 9.17) is 9.47 Å². The van der Waals surface area contributed by atoms with Crippen LogP contribution in [-0.2, 0) is 9.59 Å². The summed E-state index contributed by atoms with van der Waals surface area (Å²) in [5.41, 5.74) is 3.59. The average Bonchev–Trinajstić information content (AvgIpc) is 3.53. The predicted octanol–water partition coefficient (Wildman–Crippen LogP) is 4.00. The van der Waals surface area contributed by atoms with E-state index in [-0.39, 0.29) is 13.3 Å². The van der Waals surface area contributed by atoms with Crippen molar-refractivity contribution >= 4 is 46.3 Å². The van der Waals surface area contributed by atoms with Crippen LogP contribution >= 0.6 is 11.8 Å². The number of nitrogens with one attached hydrogen (secondary N) is 1. The van der Waals surface area contributed by atoms with E-state index in [0.29, 0.717) is 22.1 Å². The maximum atomic E-state index is 12.8. The Hall–Kier alpha value is -3.46. The van der Waals surface area contributed by atoms with Crippen molar-refractivity contribution in [3.63, 3.8) is 0 Å². The van der Waals surface area contributed by atoms with Crippen LogP contribution in [0.15, 0.2) is 41.3 Å². The number of carbonyl (C=O) groups excluding carboxylic acids is 3. The van der Waals surface area contributed by atoms with Crippen LogP contribution in [0.2, 0.25) is 0 Å². The van der Waals surface area contributed by atoms with Crippen LogP contribution in [0.3, 0.4) is 0 Å². The normalized spacial score (nSPS) is 18.5. The molecular weight excluding hydrogens is 442 g/mol. The van der Waals surface area contributed by atoms with Crippen LogP contribution in [0.4, 0.5) is 16.2 Å². The van der Waals surface area contributed by atoms with Gasteiger partial charge in [-0.15, -0.1) is 0 Å². The van der Waals surface area contributed by atoms with E-state index in [1.165, 1.54) is 18.5 Å². The van der Waals surface area contributed by atoms with Crippen LogP contribution in [-0.4, -0.2) is 48.4 Å². The molecule has 170 valence electrons. The minimum Gasteiger partial charge on any atom is -0.454 e. The zero-order valence-corrected chi connectivity index (χ0v) is 18.9. The van der Waals surface area contributed by atoms with Crippen molar-refractivity contribution < 1.29 is 23.9 Å². The lowest BCUT2D eigenvalue weighted by Crippen LogP contribution is -2.36. The zero-order valence-electron chi connectivity index (χ0n) is 18.1. The number of benzene rings is 2. The molecule has 1 N–H and O–H groups in total. The molecule has 0 unspecified atom stereocenters. The molecule has 2 saturated heterocycles. The highest BCUT2D eigenvalue weighted by atomic mass is 32.2. The highest BCUT2D eigenvalue weighted by molar-refractivity contribution is 8.18. The van der Waals surface area contributed by atoms with Crippen LogP contribution in [0.5, 0.6) is 11.5 Å². The van der Waals surface area contributed by atoms with Gasteiger partial charge in [-0.1, -0.05) is 6.07 Å². The summed E-state index contributed by atoms with van der Waals surface area (Å²) in [7, 11) is 0. The predicted molar refractivity (Wildman–Crippen MR) is 126 cm³/mol. The van der Waals surface area contributed by atoms with Crippen molar-refractivity contribution in [3.05, 3.63) is 52.4 Å². The Morgan fingerprint density at radius 3 is 2.67 bits per heavy atom. The summed E-state index contributed by atoms with van der Waals surface area (Å²) in [5.74, 6) is 0.207. The maximum Gasteiger partial charge on any atom is 0.294 e. The lowest BCUT2D eigenvalue weighted by atomic mass is 10.1. The van der Waals surface area contributed by atoms with Gasteiger partial charge in [0.15, 0.2) is 11.5 Å². The van der Waals surface area contributed by atoms with Gasteiger partial charge in [0, 0.05) is 30.5 Å². The van der Waals surface area contributed by atoms with Gasteiger partial charge in [0.1, 0.15) is 6.54 Å². The van der Waals surface area contributed by atoms with Gasteiger partial charge in [0.2, 0.25) is 12.7 Å². The number of aryl methyl sites for hydroxylation is 1. The second kappa shape index (κ2) is 8.82. The van der Waals surface area contributed by atoms with Gasteiger partial charge in [-0.3, -0.25) is 19.3 Å². The van der Waals surface area contributed by atoms with Gasteiger partial charge in [-0.25, -0.2) is 0 Å². The topological polar surface area (TPSA) is 88.2 Å². The first-order chi connectivity index (χ1) is 16.0. The van der Waals surface area contributed by atoms with Crippen molar-refractivity contribution in [1.82, 2.24) is 4.90 Å². The summed E-state index contributed by atoms with van der Waals surface area (Å²) in [4.78, 5) is 41.4. The number of fused-ring (bicyclic) bond motifs is 1. The lowest BCUT2D eigenvalue weighted by molar-refractivity contribution is -0.127. The average molecular weight is 466 g/mol. The number of hydrogen-bond donors (Lipinski definition) is 1. The molecule has 0 saturated carbocycles. The summed E-state index contributed by atoms with van der Waals surface area (Å²) in [6.45, 7) is 3.89. The Labute approximate surface area is 195 Å². The molecule has 0 spiro atoms. The Morgan fingerprint density at radius 2 is 1.88 bits per heavy atom. The van der Waals surface area contributed by atoms with E-state index < -0.39 is 17.1 Å². The third kappa shape index (κ3) is 4.41. The molecule has 0 aromatic heterocycles. The fourth-order valence-corrected chi connectivity index (χ4v) is 4.92. The number of nitrogens with zero attached hydrogens (tertiary/aromatic N) is 2. The summed E-state index contributed by atoms with van der Waals surface area (Å²) in [6, 6.07) is 11.1. The van der Waals surface area contributed by atoms with Crippen LogP contribution in [0.25, 0.3) is 6.08 Å². The monoisotopic (exact) mass is 465 g/mol. The fraction of sp³-hybridized carbons (Fsp3) is 0.292. The van der Waals surface area contributed by atoms with E-state index in [1.54, 1.807) is 24.3 Å². The molecule has 0 radical (unpaired) electrons. The van der Waals surface area contributed by atoms with Crippen molar-refractivity contribution in [2.75, 3.05) is 36.6 Å². The molecule has 3 aliphatic rings. The first kappa shape index (κ1) is 21.4. The number of carbonyl (C=O) groups is 3. The van der Waals surface area contributed by atoms with Crippen LogP contribution < -0.4 is 19.7 Å². The lowest BCUT2D eigenvalue weighted by Gasteiger charge is -2.18. The fourth-order valence-electron chi connectivity index (χ4n) is 4.09. The molecule has 2 fully saturated rings. The molecule has 2 aromatic carbocycles. The first-order valence-electron chi connectivity index (χ1n) is 10.8. The van der Waals surface area contributed by atoms with E-state index >= 15 is 0 Å². The number of hydrogen-bond acceptors (Lipinski definition) is 7. The largest absolute Gasteiger partial charge is 0.454 e. The quantitative estimate of drug-likeness (QED) is 0.668. The highest BCUT2D eigenvalue weighted by Gasteiger charge is 2.36. The second-order valence-electron chi connectivity index (χ2n) is 8.12. The van der Waals surface area contributed by atoms with Crippen molar-refractivity contribution in [2.45, 2.75) is 19.8 Å². The molecule has 0 aliphatic carbocycles. The number of thioether (sulfide) groups is 1. The number of ether oxygens (including phenoxy) is 2. The number of rotatable bonds is 5. The van der Waals surface area contributed by atoms with Gasteiger partial charge in [-0.2, -0.15) is 0 Å². The second-order valence-corrected chi connectivity index (χ2v) is 9.11. The Bertz CT molecular complexity index is 1170. The van der Waals surface area contributed by atoms with Crippen molar-refractivity contribution in [1.29, 1.82) is 0 Å². The molecule has 5 rings (SSSR count). The number of imide groups is 1. The third-order valence-electron chi connectivity index (χ3n) is 5.84. The van der Waals surface area contributed by atoms with E-state index in [2.05, 4.69) is 16.3 Å². The van der Waals surface area contributed by atoms with Crippen molar-refractivity contribution in [3.8, 4) is 11.5 Å². The smallest absolute Gasteiger partial charge is 0.294 e. The highest BCUT2D eigenvalue weighted by Crippen LogP contribution is 2.35. The molecule has 3 aliphatic heterocycles. The molecule has 3 heterocycles. The van der Waals surface area contributed by atoms with Crippen molar-refractivity contribution in [2.24, 2.45) is 0 Å². The Balaban J connectivity index is 1.25. The third-order valence-corrected chi connectivity index (χ3v) is 6.75. The number of amides is 3. The molecule has 8 nitrogen and oxygen atoms in total. The molecule has 0 bridgehead atoms. The van der Waals surface area contributed by atoms with Gasteiger partial charge in [0.25, 0.3) is 11.1 Å². The minimum atomic E-state index is -0.469. The summed E-state index contributed by atoms with van der Waals surface area (Å²) in [6.07, 6.45) is 4.14. The Kier molecular flexibility index (Phi) is 5.72. The molecule has 9 heteroatoms. The van der Waals surface area contributed by atoms with E-state index in [0.717, 1.165) is 40.9 Å². The maximum absolute atomic E-state index is 12.8. The number of anilines is 2. The molecule has 33 heavy (non-hydrogen) atoms. The van der Waals surface area contributed by atoms with Gasteiger partial charge in [0.05, 0.1) is 4.91 Å². The summed E-state index contributed by atoms with van der Waals surface area (Å²) < 4.78 is 10.6. The Morgan fingerprint density at radius 1 is 1.09 bits per heavy atom. The first-order valence-corrected chi connectivity index (χ1v) is 11.6. The SMILES string of the molecule is Cc1cc(N2CCCC2)ccc1/C=C1/SC(=O)N(CC(=O)Nc2ccc3c(c2)OCO3)C1=O. The molecule has 0 atom stereocenters. The van der Waals surface area contributed by atoms with E-state index in [1.807, 2.05) is 19.1 Å². The molecule has 2 aromatic rings. The minimum absolute atomic E-state index is 0.135. The summed E-state index contributed by atoms with van der Waals surface area (Å²) >= 11 is 0.851.